The summed E-state index contributed by atoms with van der Waals surface area (Å²) in [6.07, 6.45) is 1.29. The molecule has 1 atom stereocenters. The normalized spacial score (nSPS) is 12.3. The quantitative estimate of drug-likeness (QED) is 0.549. The van der Waals surface area contributed by atoms with Crippen LogP contribution in [0, 0.1) is 0 Å². The van der Waals surface area contributed by atoms with Crippen LogP contribution in [0.15, 0.2) is 84.9 Å². The van der Waals surface area contributed by atoms with Crippen molar-refractivity contribution in [2.24, 2.45) is 0 Å². The molecule has 0 aliphatic rings. The summed E-state index contributed by atoms with van der Waals surface area (Å²) in [4.78, 5) is 4.73. The van der Waals surface area contributed by atoms with Crippen molar-refractivity contribution < 1.29 is 5.11 Å². The molecule has 3 aromatic carbocycles. The van der Waals surface area contributed by atoms with Crippen molar-refractivity contribution in [3.05, 3.63) is 102 Å². The number of hydrogen-bond donors (Lipinski definition) is 1. The summed E-state index contributed by atoms with van der Waals surface area (Å²) in [5.74, 6) is 0.713. The van der Waals surface area contributed by atoms with Crippen LogP contribution in [0.5, 0.6) is 0 Å². The minimum atomic E-state index is -0.722. The number of aliphatic hydroxyl groups is 1. The first-order valence-electron chi connectivity index (χ1n) is 9.05. The summed E-state index contributed by atoms with van der Waals surface area (Å²) in [5, 5.41) is 10.9. The van der Waals surface area contributed by atoms with Gasteiger partial charge >= 0.3 is 0 Å². The van der Waals surface area contributed by atoms with E-state index in [1.807, 2.05) is 54.6 Å². The van der Waals surface area contributed by atoms with Gasteiger partial charge in [0.1, 0.15) is 11.9 Å². The number of imidazole rings is 1. The second kappa shape index (κ2) is 7.54. The number of rotatable bonds is 6. The number of hydrogen-bond acceptors (Lipinski definition) is 2. The highest BCUT2D eigenvalue weighted by Gasteiger charge is 2.19. The Morgan fingerprint density at radius 3 is 2.23 bits per heavy atom. The van der Waals surface area contributed by atoms with Crippen molar-refractivity contribution in [3.8, 4) is 0 Å². The highest BCUT2D eigenvalue weighted by Crippen LogP contribution is 2.26. The van der Waals surface area contributed by atoms with Gasteiger partial charge in [0.25, 0.3) is 0 Å². The molecule has 26 heavy (non-hydrogen) atoms. The number of nitrogens with zero attached hydrogens (tertiary/aromatic N) is 2. The summed E-state index contributed by atoms with van der Waals surface area (Å²) in [5.41, 5.74) is 4.21. The monoisotopic (exact) mass is 342 g/mol. The van der Waals surface area contributed by atoms with E-state index in [1.165, 1.54) is 5.56 Å². The van der Waals surface area contributed by atoms with E-state index in [0.717, 1.165) is 36.0 Å². The highest BCUT2D eigenvalue weighted by atomic mass is 16.3. The predicted molar refractivity (Wildman–Crippen MR) is 105 cm³/mol. The van der Waals surface area contributed by atoms with E-state index in [4.69, 9.17) is 4.98 Å². The first-order chi connectivity index (χ1) is 12.8. The van der Waals surface area contributed by atoms with E-state index in [1.54, 1.807) is 0 Å². The summed E-state index contributed by atoms with van der Waals surface area (Å²) >= 11 is 0. The van der Waals surface area contributed by atoms with Gasteiger partial charge in [-0.2, -0.15) is 0 Å². The van der Waals surface area contributed by atoms with Gasteiger partial charge in [-0.05, 0) is 36.1 Å². The molecule has 4 aromatic rings. The van der Waals surface area contributed by atoms with Crippen molar-refractivity contribution in [3.63, 3.8) is 0 Å². The van der Waals surface area contributed by atoms with Crippen LogP contribution in [-0.4, -0.2) is 14.7 Å². The lowest BCUT2D eigenvalue weighted by atomic mass is 10.1. The molecule has 0 aliphatic heterocycles. The second-order valence-corrected chi connectivity index (χ2v) is 6.51. The second-order valence-electron chi connectivity index (χ2n) is 6.51. The molecule has 4 rings (SSSR count). The van der Waals surface area contributed by atoms with Crippen molar-refractivity contribution in [2.45, 2.75) is 25.5 Å². The Kier molecular flexibility index (Phi) is 4.80. The Hall–Kier alpha value is -2.91. The maximum atomic E-state index is 10.9. The zero-order chi connectivity index (χ0) is 17.8. The van der Waals surface area contributed by atoms with Crippen molar-refractivity contribution in [1.82, 2.24) is 9.55 Å². The van der Waals surface area contributed by atoms with Gasteiger partial charge in [0.2, 0.25) is 0 Å². The van der Waals surface area contributed by atoms with Crippen LogP contribution in [0.25, 0.3) is 11.0 Å². The van der Waals surface area contributed by atoms with Crippen LogP contribution in [0.1, 0.15) is 29.5 Å². The van der Waals surface area contributed by atoms with Gasteiger partial charge < -0.3 is 9.67 Å². The summed E-state index contributed by atoms with van der Waals surface area (Å²) in [6.45, 7) is 0.828. The van der Waals surface area contributed by atoms with Gasteiger partial charge in [-0.1, -0.05) is 72.8 Å². The Balaban J connectivity index is 1.63. The number of aryl methyl sites for hydroxylation is 2. The topological polar surface area (TPSA) is 38.1 Å². The van der Waals surface area contributed by atoms with E-state index in [0.29, 0.717) is 5.82 Å². The molecule has 1 N–H and O–H groups in total. The summed E-state index contributed by atoms with van der Waals surface area (Å²) in [6, 6.07) is 28.3. The van der Waals surface area contributed by atoms with Crippen LogP contribution < -0.4 is 0 Å². The molecule has 0 saturated heterocycles. The molecular weight excluding hydrogens is 320 g/mol. The molecule has 1 unspecified atom stereocenters. The number of aromatic nitrogens is 2. The van der Waals surface area contributed by atoms with Crippen LogP contribution >= 0.6 is 0 Å². The fourth-order valence-electron chi connectivity index (χ4n) is 3.41. The Morgan fingerprint density at radius 1 is 0.808 bits per heavy atom. The predicted octanol–water partition coefficient (Wildman–Crippen LogP) is 4.75. The highest BCUT2D eigenvalue weighted by molar-refractivity contribution is 5.76. The molecule has 3 nitrogen and oxygen atoms in total. The van der Waals surface area contributed by atoms with Crippen LogP contribution in [-0.2, 0) is 13.0 Å². The third-order valence-corrected chi connectivity index (χ3v) is 4.73. The van der Waals surface area contributed by atoms with Crippen molar-refractivity contribution in [1.29, 1.82) is 0 Å². The summed E-state index contributed by atoms with van der Waals surface area (Å²) < 4.78 is 2.16. The van der Waals surface area contributed by atoms with E-state index >= 15 is 0 Å². The molecule has 3 heteroatoms. The zero-order valence-electron chi connectivity index (χ0n) is 14.6. The zero-order valence-corrected chi connectivity index (χ0v) is 14.6. The number of benzene rings is 3. The van der Waals surface area contributed by atoms with E-state index in [9.17, 15) is 5.11 Å². The lowest BCUT2D eigenvalue weighted by Gasteiger charge is -2.14. The maximum absolute atomic E-state index is 10.9. The SMILES string of the molecule is OC(c1ccccc1)c1nc2ccccc2n1CCCc1ccccc1. The standard InChI is InChI=1S/C23H22N2O/c26-22(19-13-5-2-6-14-19)23-24-20-15-7-8-16-21(20)25(23)17-9-12-18-10-3-1-4-11-18/h1-8,10-11,13-16,22,26H,9,12,17H2. The number of para-hydroxylation sites is 2. The Bertz CT molecular complexity index is 977. The fourth-order valence-corrected chi connectivity index (χ4v) is 3.41. The molecule has 0 saturated carbocycles. The molecular formula is C23H22N2O. The van der Waals surface area contributed by atoms with E-state index in [-0.39, 0.29) is 0 Å². The molecule has 0 fully saturated rings. The van der Waals surface area contributed by atoms with E-state index in [2.05, 4.69) is 34.9 Å². The van der Waals surface area contributed by atoms with Gasteiger partial charge in [-0.25, -0.2) is 4.98 Å². The molecule has 0 amide bonds. The van der Waals surface area contributed by atoms with Gasteiger partial charge in [0.05, 0.1) is 11.0 Å². The largest absolute Gasteiger partial charge is 0.380 e. The van der Waals surface area contributed by atoms with E-state index < -0.39 is 6.10 Å². The van der Waals surface area contributed by atoms with Gasteiger partial charge in [0.15, 0.2) is 0 Å². The smallest absolute Gasteiger partial charge is 0.143 e. The first-order valence-corrected chi connectivity index (χ1v) is 9.05. The lowest BCUT2D eigenvalue weighted by Crippen LogP contribution is -2.11. The third kappa shape index (κ3) is 3.39. The molecule has 1 aromatic heterocycles. The van der Waals surface area contributed by atoms with Gasteiger partial charge in [-0.3, -0.25) is 0 Å². The molecule has 0 spiro atoms. The van der Waals surface area contributed by atoms with Crippen LogP contribution in [0.2, 0.25) is 0 Å². The Labute approximate surface area is 153 Å². The molecule has 0 bridgehead atoms. The summed E-state index contributed by atoms with van der Waals surface area (Å²) in [7, 11) is 0. The average molecular weight is 342 g/mol. The lowest BCUT2D eigenvalue weighted by molar-refractivity contribution is 0.205. The fraction of sp³-hybridized carbons (Fsp3) is 0.174. The average Bonchev–Trinajstić information content (AvgIpc) is 3.08. The van der Waals surface area contributed by atoms with Crippen LogP contribution in [0.3, 0.4) is 0 Å². The number of fused-ring (bicyclic) bond motifs is 1. The minimum Gasteiger partial charge on any atom is -0.380 e. The molecule has 0 radical (unpaired) electrons. The molecule has 1 heterocycles. The van der Waals surface area contributed by atoms with Crippen LogP contribution in [0.4, 0.5) is 0 Å². The maximum Gasteiger partial charge on any atom is 0.143 e. The first kappa shape index (κ1) is 16.6. The van der Waals surface area contributed by atoms with Gasteiger partial charge in [0, 0.05) is 6.54 Å². The third-order valence-electron chi connectivity index (χ3n) is 4.73. The van der Waals surface area contributed by atoms with Crippen molar-refractivity contribution in [2.75, 3.05) is 0 Å². The number of aliphatic hydroxyl groups excluding tert-OH is 1. The molecule has 130 valence electrons. The minimum absolute atomic E-state index is 0.713. The molecule has 0 aliphatic carbocycles. The van der Waals surface area contributed by atoms with Crippen molar-refractivity contribution >= 4 is 11.0 Å². The Morgan fingerprint density at radius 2 is 1.46 bits per heavy atom. The van der Waals surface area contributed by atoms with Gasteiger partial charge in [-0.15, -0.1) is 0 Å².